The highest BCUT2D eigenvalue weighted by molar-refractivity contribution is 6.30. The van der Waals surface area contributed by atoms with E-state index in [9.17, 15) is 9.90 Å². The molecule has 3 aliphatic rings. The lowest BCUT2D eigenvalue weighted by atomic mass is 9.73. The Morgan fingerprint density at radius 1 is 0.906 bits per heavy atom. The van der Waals surface area contributed by atoms with E-state index >= 15 is 0 Å². The van der Waals surface area contributed by atoms with E-state index in [1.807, 2.05) is 48.5 Å². The maximum Gasteiger partial charge on any atom is 0.247 e. The summed E-state index contributed by atoms with van der Waals surface area (Å²) in [6, 6.07) is 15.4. The summed E-state index contributed by atoms with van der Waals surface area (Å²) in [4.78, 5) is 17.6. The fraction of sp³-hybridized carbons (Fsp3) is 0.480. The number of benzene rings is 2. The van der Waals surface area contributed by atoms with E-state index in [1.54, 1.807) is 0 Å². The van der Waals surface area contributed by atoms with E-state index in [1.165, 1.54) is 0 Å². The van der Waals surface area contributed by atoms with Crippen molar-refractivity contribution >= 4 is 34.8 Å². The highest BCUT2D eigenvalue weighted by Gasteiger charge is 2.53. The van der Waals surface area contributed by atoms with Gasteiger partial charge < -0.3 is 15.3 Å². The Morgan fingerprint density at radius 2 is 1.53 bits per heavy atom. The molecule has 2 heterocycles. The number of likely N-dealkylation sites (tertiary alicyclic amines) is 1. The fourth-order valence-electron chi connectivity index (χ4n) is 5.95. The van der Waals surface area contributed by atoms with Crippen molar-refractivity contribution in [2.75, 3.05) is 24.7 Å². The van der Waals surface area contributed by atoms with Crippen LogP contribution in [0, 0.1) is 0 Å². The third-order valence-electron chi connectivity index (χ3n) is 7.72. The lowest BCUT2D eigenvalue weighted by Crippen LogP contribution is -2.61. The first kappa shape index (κ1) is 22.0. The second-order valence-corrected chi connectivity index (χ2v) is 10.2. The molecule has 1 amide bonds. The Bertz CT molecular complexity index is 974. The standard InChI is InChI=1S/C25H29Cl2N3O2/c26-19-6-4-18(5-7-19)25(32)12-2-1-3-22(25)29-15-13-24(14-16-29)23(31)28-17-30(24)21-10-8-20(27)9-11-21/h4-11,22,32H,1-3,12-17H2,(H,28,31). The average molecular weight is 474 g/mol. The molecule has 2 aliphatic heterocycles. The molecular formula is C25H29Cl2N3O2. The third kappa shape index (κ3) is 3.69. The van der Waals surface area contributed by atoms with Gasteiger partial charge in [-0.1, -0.05) is 48.2 Å². The molecule has 2 aromatic rings. The molecule has 3 fully saturated rings. The molecule has 2 unspecified atom stereocenters. The van der Waals surface area contributed by atoms with Gasteiger partial charge in [-0.3, -0.25) is 9.69 Å². The molecule has 2 saturated heterocycles. The summed E-state index contributed by atoms with van der Waals surface area (Å²) in [5.74, 6) is 0.101. The number of carbonyl (C=O) groups is 1. The zero-order valence-electron chi connectivity index (χ0n) is 18.1. The van der Waals surface area contributed by atoms with Crippen LogP contribution in [0.5, 0.6) is 0 Å². The molecule has 5 nitrogen and oxygen atoms in total. The number of carbonyl (C=O) groups excluding carboxylic acids is 1. The number of nitrogens with zero attached hydrogens (tertiary/aromatic N) is 2. The van der Waals surface area contributed by atoms with Gasteiger partial charge in [-0.05, 0) is 67.6 Å². The second kappa shape index (κ2) is 8.53. The van der Waals surface area contributed by atoms with Gasteiger partial charge in [-0.2, -0.15) is 0 Å². The smallest absolute Gasteiger partial charge is 0.247 e. The van der Waals surface area contributed by atoms with Crippen LogP contribution < -0.4 is 10.2 Å². The minimum atomic E-state index is -0.888. The van der Waals surface area contributed by atoms with Gasteiger partial charge in [0.2, 0.25) is 5.91 Å². The summed E-state index contributed by atoms with van der Waals surface area (Å²) in [5, 5.41) is 16.3. The Kier molecular flexibility index (Phi) is 5.87. The van der Waals surface area contributed by atoms with Crippen LogP contribution in [0.4, 0.5) is 5.69 Å². The van der Waals surface area contributed by atoms with E-state index in [-0.39, 0.29) is 11.9 Å². The summed E-state index contributed by atoms with van der Waals surface area (Å²) in [6.45, 7) is 2.06. The van der Waals surface area contributed by atoms with E-state index < -0.39 is 11.1 Å². The van der Waals surface area contributed by atoms with Crippen LogP contribution in [-0.2, 0) is 10.4 Å². The minimum absolute atomic E-state index is 0.0446. The third-order valence-corrected chi connectivity index (χ3v) is 8.23. The predicted octanol–water partition coefficient (Wildman–Crippen LogP) is 4.55. The van der Waals surface area contributed by atoms with Crippen LogP contribution in [0.1, 0.15) is 44.1 Å². The highest BCUT2D eigenvalue weighted by Crippen LogP contribution is 2.43. The van der Waals surface area contributed by atoms with Crippen molar-refractivity contribution in [3.8, 4) is 0 Å². The molecule has 7 heteroatoms. The number of rotatable bonds is 3. The van der Waals surface area contributed by atoms with Gasteiger partial charge in [0.25, 0.3) is 0 Å². The maximum atomic E-state index is 13.0. The lowest BCUT2D eigenvalue weighted by molar-refractivity contribution is -0.127. The maximum absolute atomic E-state index is 13.0. The van der Waals surface area contributed by atoms with Crippen molar-refractivity contribution < 1.29 is 9.90 Å². The molecule has 1 saturated carbocycles. The quantitative estimate of drug-likeness (QED) is 0.686. The molecule has 2 N–H and O–H groups in total. The molecular weight excluding hydrogens is 445 g/mol. The zero-order chi connectivity index (χ0) is 22.3. The summed E-state index contributed by atoms with van der Waals surface area (Å²) < 4.78 is 0. The molecule has 0 radical (unpaired) electrons. The van der Waals surface area contributed by atoms with Crippen molar-refractivity contribution in [2.24, 2.45) is 0 Å². The minimum Gasteiger partial charge on any atom is -0.384 e. The Balaban J connectivity index is 1.37. The second-order valence-electron chi connectivity index (χ2n) is 9.33. The predicted molar refractivity (Wildman–Crippen MR) is 128 cm³/mol. The van der Waals surface area contributed by atoms with Gasteiger partial charge in [0, 0.05) is 34.9 Å². The van der Waals surface area contributed by atoms with E-state index in [0.29, 0.717) is 16.7 Å². The number of halogens is 2. The van der Waals surface area contributed by atoms with Crippen LogP contribution in [0.3, 0.4) is 0 Å². The molecule has 0 bridgehead atoms. The van der Waals surface area contributed by atoms with Gasteiger partial charge in [-0.25, -0.2) is 0 Å². The monoisotopic (exact) mass is 473 g/mol. The average Bonchev–Trinajstić information content (AvgIpc) is 3.11. The van der Waals surface area contributed by atoms with Crippen molar-refractivity contribution in [2.45, 2.75) is 55.7 Å². The topological polar surface area (TPSA) is 55.8 Å². The molecule has 2 atom stereocenters. The van der Waals surface area contributed by atoms with Crippen LogP contribution in [0.15, 0.2) is 48.5 Å². The van der Waals surface area contributed by atoms with Crippen molar-refractivity contribution in [1.82, 2.24) is 10.2 Å². The van der Waals surface area contributed by atoms with Crippen molar-refractivity contribution in [3.05, 3.63) is 64.1 Å². The molecule has 5 rings (SSSR count). The van der Waals surface area contributed by atoms with Gasteiger partial charge in [0.05, 0.1) is 6.67 Å². The Labute approximate surface area is 199 Å². The Hall–Kier alpha value is -1.79. The largest absolute Gasteiger partial charge is 0.384 e. The summed E-state index contributed by atoms with van der Waals surface area (Å²) in [5.41, 5.74) is 0.517. The highest BCUT2D eigenvalue weighted by atomic mass is 35.5. The van der Waals surface area contributed by atoms with Crippen molar-refractivity contribution in [1.29, 1.82) is 0 Å². The molecule has 1 aliphatic carbocycles. The fourth-order valence-corrected chi connectivity index (χ4v) is 6.20. The SMILES string of the molecule is O=C1NCN(c2ccc(Cl)cc2)C12CCN(C1CCCCC1(O)c1ccc(Cl)cc1)CC2. The summed E-state index contributed by atoms with van der Waals surface area (Å²) in [6.07, 6.45) is 5.29. The molecule has 1 spiro atoms. The number of hydrogen-bond acceptors (Lipinski definition) is 4. The Morgan fingerprint density at radius 3 is 2.19 bits per heavy atom. The van der Waals surface area contributed by atoms with Gasteiger partial charge in [-0.15, -0.1) is 0 Å². The molecule has 2 aromatic carbocycles. The van der Waals surface area contributed by atoms with Crippen LogP contribution in [0.2, 0.25) is 10.0 Å². The zero-order valence-corrected chi connectivity index (χ0v) is 19.6. The molecule has 32 heavy (non-hydrogen) atoms. The molecule has 170 valence electrons. The first-order chi connectivity index (χ1) is 15.4. The normalized spacial score (nSPS) is 28.2. The first-order valence-corrected chi connectivity index (χ1v) is 12.2. The first-order valence-electron chi connectivity index (χ1n) is 11.5. The van der Waals surface area contributed by atoms with Gasteiger partial charge in [0.1, 0.15) is 11.1 Å². The summed E-state index contributed by atoms with van der Waals surface area (Å²) in [7, 11) is 0. The van der Waals surface area contributed by atoms with E-state index in [4.69, 9.17) is 23.2 Å². The van der Waals surface area contributed by atoms with E-state index in [2.05, 4.69) is 15.1 Å². The molecule has 0 aromatic heterocycles. The number of aliphatic hydroxyl groups is 1. The van der Waals surface area contributed by atoms with E-state index in [0.717, 1.165) is 62.9 Å². The number of hydrogen-bond donors (Lipinski definition) is 2. The van der Waals surface area contributed by atoms with Crippen LogP contribution >= 0.6 is 23.2 Å². The number of nitrogens with one attached hydrogen (secondary N) is 1. The number of piperidine rings is 1. The van der Waals surface area contributed by atoms with Gasteiger partial charge >= 0.3 is 0 Å². The van der Waals surface area contributed by atoms with Crippen LogP contribution in [0.25, 0.3) is 0 Å². The number of anilines is 1. The van der Waals surface area contributed by atoms with Gasteiger partial charge in [0.15, 0.2) is 0 Å². The number of amides is 1. The van der Waals surface area contributed by atoms with Crippen LogP contribution in [-0.4, -0.2) is 47.3 Å². The lowest BCUT2D eigenvalue weighted by Gasteiger charge is -2.51. The summed E-state index contributed by atoms with van der Waals surface area (Å²) >= 11 is 12.2. The van der Waals surface area contributed by atoms with Crippen molar-refractivity contribution in [3.63, 3.8) is 0 Å².